The molecule has 1 N–H and O–H groups in total. The molecule has 0 unspecified atom stereocenters. The fourth-order valence-electron chi connectivity index (χ4n) is 1.57. The van der Waals surface area contributed by atoms with Crippen LogP contribution in [-0.4, -0.2) is 35.3 Å². The maximum Gasteiger partial charge on any atom is 0.325 e. The van der Waals surface area contributed by atoms with Gasteiger partial charge in [-0.1, -0.05) is 23.7 Å². The summed E-state index contributed by atoms with van der Waals surface area (Å²) in [4.78, 5) is 22.7. The van der Waals surface area contributed by atoms with Gasteiger partial charge in [0.1, 0.15) is 18.0 Å². The maximum atomic E-state index is 11.8. The van der Waals surface area contributed by atoms with Crippen molar-refractivity contribution in [2.45, 2.75) is 6.73 Å². The van der Waals surface area contributed by atoms with Crippen LogP contribution >= 0.6 is 11.6 Å². The molecule has 0 aliphatic carbocycles. The van der Waals surface area contributed by atoms with E-state index in [1.165, 1.54) is 17.9 Å². The molecular weight excluding hydrogens is 310 g/mol. The lowest BCUT2D eigenvalue weighted by Gasteiger charge is -2.07. The second kappa shape index (κ2) is 7.46. The molecule has 0 atom stereocenters. The van der Waals surface area contributed by atoms with Gasteiger partial charge in [-0.25, -0.2) is 4.68 Å². The molecule has 7 nitrogen and oxygen atoms in total. The molecule has 0 spiro atoms. The van der Waals surface area contributed by atoms with Gasteiger partial charge in [-0.15, -0.1) is 0 Å². The number of benzene rings is 1. The zero-order chi connectivity index (χ0) is 15.9. The molecule has 1 aromatic heterocycles. The van der Waals surface area contributed by atoms with Crippen molar-refractivity contribution in [3.05, 3.63) is 47.2 Å². The van der Waals surface area contributed by atoms with Crippen LogP contribution in [0.25, 0.3) is 0 Å². The summed E-state index contributed by atoms with van der Waals surface area (Å²) >= 11 is 5.97. The number of methoxy groups -OCH3 is 1. The van der Waals surface area contributed by atoms with E-state index >= 15 is 0 Å². The van der Waals surface area contributed by atoms with Gasteiger partial charge in [-0.05, 0) is 18.2 Å². The lowest BCUT2D eigenvalue weighted by Crippen LogP contribution is -2.30. The first kappa shape index (κ1) is 15.8. The predicted molar refractivity (Wildman–Crippen MR) is 78.7 cm³/mol. The lowest BCUT2D eigenvalue weighted by molar-refractivity contribution is -0.139. The Bertz CT molecular complexity index is 672. The van der Waals surface area contributed by atoms with E-state index in [1.807, 2.05) is 0 Å². The quantitative estimate of drug-likeness (QED) is 0.814. The smallest absolute Gasteiger partial charge is 0.325 e. The molecule has 1 aromatic carbocycles. The van der Waals surface area contributed by atoms with Crippen molar-refractivity contribution in [2.75, 3.05) is 13.7 Å². The highest BCUT2D eigenvalue weighted by Gasteiger charge is 2.11. The van der Waals surface area contributed by atoms with Gasteiger partial charge in [0.2, 0.25) is 0 Å². The van der Waals surface area contributed by atoms with Gasteiger partial charge in [0.25, 0.3) is 5.91 Å². The van der Waals surface area contributed by atoms with Gasteiger partial charge >= 0.3 is 5.97 Å². The number of carbonyl (C=O) groups excluding carboxylic acids is 2. The molecule has 1 amide bonds. The maximum absolute atomic E-state index is 11.8. The third kappa shape index (κ3) is 4.23. The van der Waals surface area contributed by atoms with E-state index in [2.05, 4.69) is 15.2 Å². The van der Waals surface area contributed by atoms with Crippen LogP contribution in [0.1, 0.15) is 10.5 Å². The fraction of sp³-hybridized carbons (Fsp3) is 0.214. The van der Waals surface area contributed by atoms with Crippen LogP contribution in [0, 0.1) is 0 Å². The first-order chi connectivity index (χ1) is 10.6. The Morgan fingerprint density at radius 3 is 2.82 bits per heavy atom. The molecule has 0 radical (unpaired) electrons. The highest BCUT2D eigenvalue weighted by molar-refractivity contribution is 6.32. The molecule has 22 heavy (non-hydrogen) atoms. The summed E-state index contributed by atoms with van der Waals surface area (Å²) in [5, 5.41) is 6.93. The SMILES string of the molecule is COC(=O)CNC(=O)c1ccn(COc2ccccc2Cl)n1. The number of hydrogen-bond donors (Lipinski definition) is 1. The molecule has 0 saturated heterocycles. The Kier molecular flexibility index (Phi) is 5.37. The molecule has 8 heteroatoms. The molecule has 0 bridgehead atoms. The number of carbonyl (C=O) groups is 2. The minimum Gasteiger partial charge on any atom is -0.470 e. The molecule has 0 aliphatic heterocycles. The second-order valence-electron chi connectivity index (χ2n) is 4.20. The molecule has 0 fully saturated rings. The summed E-state index contributed by atoms with van der Waals surface area (Å²) in [7, 11) is 1.25. The summed E-state index contributed by atoms with van der Waals surface area (Å²) in [6.07, 6.45) is 1.59. The van der Waals surface area contributed by atoms with Crippen molar-refractivity contribution < 1.29 is 19.1 Å². The van der Waals surface area contributed by atoms with Crippen LogP contribution in [0.3, 0.4) is 0 Å². The highest BCUT2D eigenvalue weighted by Crippen LogP contribution is 2.23. The van der Waals surface area contributed by atoms with Crippen molar-refractivity contribution in [1.82, 2.24) is 15.1 Å². The first-order valence-corrected chi connectivity index (χ1v) is 6.73. The van der Waals surface area contributed by atoms with Crippen LogP contribution in [0.4, 0.5) is 0 Å². The normalized spacial score (nSPS) is 10.1. The van der Waals surface area contributed by atoms with Crippen LogP contribution in [0.15, 0.2) is 36.5 Å². The van der Waals surface area contributed by atoms with Gasteiger partial charge in [-0.2, -0.15) is 5.10 Å². The Balaban J connectivity index is 1.90. The number of hydrogen-bond acceptors (Lipinski definition) is 5. The average Bonchev–Trinajstić information content (AvgIpc) is 3.00. The highest BCUT2D eigenvalue weighted by atomic mass is 35.5. The predicted octanol–water partition coefficient (Wildman–Crippen LogP) is 1.48. The van der Waals surface area contributed by atoms with Gasteiger partial charge in [0.05, 0.1) is 12.1 Å². The van der Waals surface area contributed by atoms with Crippen LogP contribution in [0.2, 0.25) is 5.02 Å². The number of rotatable bonds is 6. The fourth-order valence-corrected chi connectivity index (χ4v) is 1.76. The Morgan fingerprint density at radius 2 is 2.09 bits per heavy atom. The lowest BCUT2D eigenvalue weighted by atomic mass is 10.3. The largest absolute Gasteiger partial charge is 0.470 e. The number of para-hydroxylation sites is 1. The van der Waals surface area contributed by atoms with Crippen molar-refractivity contribution in [3.63, 3.8) is 0 Å². The molecule has 0 aliphatic rings. The van der Waals surface area contributed by atoms with Gasteiger partial charge in [0, 0.05) is 6.20 Å². The number of esters is 1. The van der Waals surface area contributed by atoms with Gasteiger partial charge < -0.3 is 14.8 Å². The summed E-state index contributed by atoms with van der Waals surface area (Å²) in [5.41, 5.74) is 0.173. The number of nitrogens with one attached hydrogen (secondary N) is 1. The number of aromatic nitrogens is 2. The van der Waals surface area contributed by atoms with Crippen molar-refractivity contribution in [1.29, 1.82) is 0 Å². The summed E-state index contributed by atoms with van der Waals surface area (Å²) in [5.74, 6) is -0.479. The first-order valence-electron chi connectivity index (χ1n) is 6.36. The number of nitrogens with zero attached hydrogens (tertiary/aromatic N) is 2. The van der Waals surface area contributed by atoms with Crippen LogP contribution < -0.4 is 10.1 Å². The molecule has 1 heterocycles. The number of amides is 1. The van der Waals surface area contributed by atoms with E-state index in [9.17, 15) is 9.59 Å². The Morgan fingerprint density at radius 1 is 1.32 bits per heavy atom. The summed E-state index contributed by atoms with van der Waals surface area (Å²) in [6, 6.07) is 8.56. The van der Waals surface area contributed by atoms with Crippen LogP contribution in [-0.2, 0) is 16.3 Å². The number of ether oxygens (including phenoxy) is 2. The van der Waals surface area contributed by atoms with Crippen LogP contribution in [0.5, 0.6) is 5.75 Å². The molecule has 116 valence electrons. The third-order valence-electron chi connectivity index (χ3n) is 2.68. The second-order valence-corrected chi connectivity index (χ2v) is 4.61. The molecule has 2 rings (SSSR count). The van der Waals surface area contributed by atoms with E-state index in [1.54, 1.807) is 30.5 Å². The summed E-state index contributed by atoms with van der Waals surface area (Å²) < 4.78 is 11.4. The van der Waals surface area contributed by atoms with Crippen molar-refractivity contribution in [3.8, 4) is 5.75 Å². The minimum absolute atomic E-state index is 0.105. The zero-order valence-electron chi connectivity index (χ0n) is 11.8. The van der Waals surface area contributed by atoms with E-state index in [0.717, 1.165) is 0 Å². The van der Waals surface area contributed by atoms with Crippen molar-refractivity contribution in [2.24, 2.45) is 0 Å². The van der Waals surface area contributed by atoms with E-state index in [-0.39, 0.29) is 19.0 Å². The van der Waals surface area contributed by atoms with E-state index in [4.69, 9.17) is 16.3 Å². The molecular formula is C14H14ClN3O4. The number of halogens is 1. The zero-order valence-corrected chi connectivity index (χ0v) is 12.5. The van der Waals surface area contributed by atoms with E-state index < -0.39 is 11.9 Å². The summed E-state index contributed by atoms with van der Waals surface area (Å²) in [6.45, 7) is -0.105. The van der Waals surface area contributed by atoms with Gasteiger partial charge in [0.15, 0.2) is 6.73 Å². The van der Waals surface area contributed by atoms with E-state index in [0.29, 0.717) is 10.8 Å². The average molecular weight is 324 g/mol. The Labute approximate surface area is 131 Å². The monoisotopic (exact) mass is 323 g/mol. The molecule has 2 aromatic rings. The Hall–Kier alpha value is -2.54. The van der Waals surface area contributed by atoms with Crippen molar-refractivity contribution >= 4 is 23.5 Å². The topological polar surface area (TPSA) is 82.5 Å². The third-order valence-corrected chi connectivity index (χ3v) is 3.00. The minimum atomic E-state index is -0.533. The standard InChI is InChI=1S/C14H14ClN3O4/c1-21-13(19)8-16-14(20)11-6-7-18(17-11)9-22-12-5-3-2-4-10(12)15/h2-7H,8-9H2,1H3,(H,16,20). The molecule has 0 saturated carbocycles. The van der Waals surface area contributed by atoms with Gasteiger partial charge in [-0.3, -0.25) is 9.59 Å².